The van der Waals surface area contributed by atoms with Crippen LogP contribution in [0.5, 0.6) is 17.2 Å². The van der Waals surface area contributed by atoms with E-state index in [1.165, 1.54) is 6.07 Å². The first-order chi connectivity index (χ1) is 6.20. The van der Waals surface area contributed by atoms with Crippen LogP contribution in [-0.2, 0) is 0 Å². The SMILES string of the molecule is Cl.Oc1ccc([C@@H]2CCN2)c(O)c1O. The molecule has 0 spiro atoms. The van der Waals surface area contributed by atoms with Crippen LogP contribution in [0.2, 0.25) is 0 Å². The van der Waals surface area contributed by atoms with Gasteiger partial charge in [0.15, 0.2) is 11.5 Å². The molecule has 14 heavy (non-hydrogen) atoms. The van der Waals surface area contributed by atoms with E-state index in [9.17, 15) is 10.2 Å². The highest BCUT2D eigenvalue weighted by Gasteiger charge is 2.23. The topological polar surface area (TPSA) is 72.7 Å². The largest absolute Gasteiger partial charge is 0.504 e. The van der Waals surface area contributed by atoms with E-state index in [-0.39, 0.29) is 29.9 Å². The maximum atomic E-state index is 9.46. The van der Waals surface area contributed by atoms with E-state index in [0.717, 1.165) is 13.0 Å². The Hall–Kier alpha value is -1.13. The molecule has 0 saturated carbocycles. The van der Waals surface area contributed by atoms with Crippen LogP contribution >= 0.6 is 12.4 Å². The van der Waals surface area contributed by atoms with Crippen LogP contribution in [0.3, 0.4) is 0 Å². The molecule has 1 aliphatic rings. The monoisotopic (exact) mass is 217 g/mol. The Bertz CT molecular complexity index is 339. The summed E-state index contributed by atoms with van der Waals surface area (Å²) in [7, 11) is 0. The minimum atomic E-state index is -0.439. The van der Waals surface area contributed by atoms with Gasteiger partial charge in [-0.15, -0.1) is 12.4 Å². The van der Waals surface area contributed by atoms with Gasteiger partial charge in [-0.05, 0) is 25.1 Å². The van der Waals surface area contributed by atoms with Gasteiger partial charge in [0.1, 0.15) is 0 Å². The van der Waals surface area contributed by atoms with Crippen molar-refractivity contribution in [2.75, 3.05) is 6.54 Å². The molecule has 0 amide bonds. The Kier molecular flexibility index (Phi) is 3.08. The maximum Gasteiger partial charge on any atom is 0.200 e. The summed E-state index contributed by atoms with van der Waals surface area (Å²) in [6.45, 7) is 0.922. The second-order valence-corrected chi connectivity index (χ2v) is 3.17. The van der Waals surface area contributed by atoms with Crippen molar-refractivity contribution in [2.24, 2.45) is 0 Å². The van der Waals surface area contributed by atoms with Crippen LogP contribution in [0.25, 0.3) is 0 Å². The Morgan fingerprint density at radius 3 is 2.29 bits per heavy atom. The predicted molar refractivity (Wildman–Crippen MR) is 54.0 cm³/mol. The maximum absolute atomic E-state index is 9.46. The molecule has 78 valence electrons. The lowest BCUT2D eigenvalue weighted by Gasteiger charge is -2.28. The Balaban J connectivity index is 0.000000980. The van der Waals surface area contributed by atoms with Gasteiger partial charge in [-0.25, -0.2) is 0 Å². The van der Waals surface area contributed by atoms with Crippen molar-refractivity contribution in [2.45, 2.75) is 12.5 Å². The third-order valence-electron chi connectivity index (χ3n) is 2.36. The highest BCUT2D eigenvalue weighted by molar-refractivity contribution is 5.85. The standard InChI is InChI=1S/C9H11NO3.ClH/c11-7-2-1-5(6-3-4-10-6)8(12)9(7)13;/h1-2,6,10-13H,3-4H2;1H/t6-;/m0./s1. The molecule has 0 aromatic heterocycles. The quantitative estimate of drug-likeness (QED) is 0.535. The number of benzene rings is 1. The number of hydrogen-bond donors (Lipinski definition) is 4. The summed E-state index contributed by atoms with van der Waals surface area (Å²) >= 11 is 0. The van der Waals surface area contributed by atoms with Gasteiger partial charge < -0.3 is 20.6 Å². The van der Waals surface area contributed by atoms with Crippen LogP contribution < -0.4 is 5.32 Å². The third-order valence-corrected chi connectivity index (χ3v) is 2.36. The average Bonchev–Trinajstić information content (AvgIpc) is 2.03. The number of halogens is 1. The van der Waals surface area contributed by atoms with Crippen molar-refractivity contribution in [1.29, 1.82) is 0 Å². The smallest absolute Gasteiger partial charge is 0.200 e. The summed E-state index contributed by atoms with van der Waals surface area (Å²) < 4.78 is 0. The number of phenolic OH excluding ortho intramolecular Hbond substituents is 3. The zero-order chi connectivity index (χ0) is 9.42. The first-order valence-corrected chi connectivity index (χ1v) is 4.17. The fourth-order valence-electron chi connectivity index (χ4n) is 1.42. The summed E-state index contributed by atoms with van der Waals surface area (Å²) in [6, 6.07) is 3.09. The minimum absolute atomic E-state index is 0. The summed E-state index contributed by atoms with van der Waals surface area (Å²) in [4.78, 5) is 0. The lowest BCUT2D eigenvalue weighted by Crippen LogP contribution is -2.34. The molecule has 5 heteroatoms. The summed E-state index contributed by atoms with van der Waals surface area (Å²) in [5, 5.41) is 30.9. The Labute approximate surface area is 87.6 Å². The molecule has 1 fully saturated rings. The number of nitrogens with one attached hydrogen (secondary N) is 1. The Morgan fingerprint density at radius 2 is 1.79 bits per heavy atom. The van der Waals surface area contributed by atoms with Crippen molar-refractivity contribution in [1.82, 2.24) is 5.32 Å². The third kappa shape index (κ3) is 1.58. The molecule has 0 bridgehead atoms. The predicted octanol–water partition coefficient (Wildman–Crippen LogP) is 1.26. The number of aromatic hydroxyl groups is 3. The molecule has 4 N–H and O–H groups in total. The summed E-state index contributed by atoms with van der Waals surface area (Å²) in [6.07, 6.45) is 0.942. The lowest BCUT2D eigenvalue weighted by molar-refractivity contribution is 0.338. The molecular weight excluding hydrogens is 206 g/mol. The molecule has 1 saturated heterocycles. The van der Waals surface area contributed by atoms with E-state index in [1.54, 1.807) is 6.07 Å². The summed E-state index contributed by atoms with van der Waals surface area (Å²) in [5.41, 5.74) is 0.640. The first kappa shape index (κ1) is 10.9. The van der Waals surface area contributed by atoms with Gasteiger partial charge in [0, 0.05) is 11.6 Å². The molecule has 4 nitrogen and oxygen atoms in total. The lowest BCUT2D eigenvalue weighted by atomic mass is 9.96. The number of phenols is 3. The first-order valence-electron chi connectivity index (χ1n) is 4.17. The number of hydrogen-bond acceptors (Lipinski definition) is 4. The van der Waals surface area contributed by atoms with Gasteiger partial charge in [-0.2, -0.15) is 0 Å². The van der Waals surface area contributed by atoms with Crippen molar-refractivity contribution in [3.63, 3.8) is 0 Å². The minimum Gasteiger partial charge on any atom is -0.504 e. The fraction of sp³-hybridized carbons (Fsp3) is 0.333. The van der Waals surface area contributed by atoms with Crippen LogP contribution in [0.1, 0.15) is 18.0 Å². The van der Waals surface area contributed by atoms with Crippen LogP contribution in [0.15, 0.2) is 12.1 Å². The zero-order valence-corrected chi connectivity index (χ0v) is 8.21. The Morgan fingerprint density at radius 1 is 1.14 bits per heavy atom. The molecule has 1 atom stereocenters. The van der Waals surface area contributed by atoms with Crippen molar-refractivity contribution in [3.05, 3.63) is 17.7 Å². The van der Waals surface area contributed by atoms with Gasteiger partial charge in [0.05, 0.1) is 0 Å². The molecule has 1 aliphatic heterocycles. The zero-order valence-electron chi connectivity index (χ0n) is 7.40. The van der Waals surface area contributed by atoms with Crippen molar-refractivity contribution >= 4 is 12.4 Å². The van der Waals surface area contributed by atoms with Crippen LogP contribution in [-0.4, -0.2) is 21.9 Å². The normalized spacial score (nSPS) is 19.6. The highest BCUT2D eigenvalue weighted by Crippen LogP contribution is 2.41. The van der Waals surface area contributed by atoms with Crippen LogP contribution in [0, 0.1) is 0 Å². The second kappa shape index (κ2) is 3.94. The number of rotatable bonds is 1. The summed E-state index contributed by atoms with van der Waals surface area (Å²) in [5.74, 6) is -0.955. The second-order valence-electron chi connectivity index (χ2n) is 3.17. The van der Waals surface area contributed by atoms with Crippen LogP contribution in [0.4, 0.5) is 0 Å². The van der Waals surface area contributed by atoms with E-state index in [0.29, 0.717) is 5.56 Å². The van der Waals surface area contributed by atoms with Crippen molar-refractivity contribution in [3.8, 4) is 17.2 Å². The molecule has 2 rings (SSSR count). The molecule has 1 aromatic rings. The van der Waals surface area contributed by atoms with Gasteiger partial charge in [0.25, 0.3) is 0 Å². The van der Waals surface area contributed by atoms with E-state index < -0.39 is 5.75 Å². The van der Waals surface area contributed by atoms with E-state index >= 15 is 0 Å². The average molecular weight is 218 g/mol. The molecule has 1 aromatic carbocycles. The van der Waals surface area contributed by atoms with E-state index in [2.05, 4.69) is 5.32 Å². The highest BCUT2D eigenvalue weighted by atomic mass is 35.5. The molecule has 0 aliphatic carbocycles. The molecule has 0 radical (unpaired) electrons. The molecule has 1 heterocycles. The van der Waals surface area contributed by atoms with E-state index in [1.807, 2.05) is 0 Å². The van der Waals surface area contributed by atoms with Gasteiger partial charge in [-0.3, -0.25) is 0 Å². The fourth-order valence-corrected chi connectivity index (χ4v) is 1.42. The molecule has 0 unspecified atom stereocenters. The van der Waals surface area contributed by atoms with Gasteiger partial charge in [-0.1, -0.05) is 0 Å². The van der Waals surface area contributed by atoms with Gasteiger partial charge >= 0.3 is 0 Å². The van der Waals surface area contributed by atoms with Gasteiger partial charge in [0.2, 0.25) is 5.75 Å². The molecular formula is C9H12ClNO3. The van der Waals surface area contributed by atoms with E-state index in [4.69, 9.17) is 5.11 Å². The van der Waals surface area contributed by atoms with Crippen molar-refractivity contribution < 1.29 is 15.3 Å².